The summed E-state index contributed by atoms with van der Waals surface area (Å²) >= 11 is -0.438. The standard InChI is InChI=1S/2C7H9.Zr.2H/c2*1-6-4-3-5-7(6)2;;;/h2*4H,3H2,1-2H3;;;/q;;;2*-1. The van der Waals surface area contributed by atoms with E-state index in [0.717, 1.165) is 0 Å². The summed E-state index contributed by atoms with van der Waals surface area (Å²) in [6.07, 6.45) is 7.30. The first-order valence-electron chi connectivity index (χ1n) is 5.60. The zero-order valence-electron chi connectivity index (χ0n) is 12.1. The van der Waals surface area contributed by atoms with Crippen LogP contribution in [0.25, 0.3) is 0 Å². The second-order valence-electron chi connectivity index (χ2n) is 4.51. The van der Waals surface area contributed by atoms with E-state index >= 15 is 0 Å². The van der Waals surface area contributed by atoms with Crippen molar-refractivity contribution in [1.29, 1.82) is 0 Å². The van der Waals surface area contributed by atoms with Gasteiger partial charge in [-0.25, -0.2) is 0 Å². The molecular formula is C14H20Zr-2. The fraction of sp³-hybridized carbons (Fsp3) is 0.429. The van der Waals surface area contributed by atoms with Crippen LogP contribution in [0, 0.1) is 0 Å². The van der Waals surface area contributed by atoms with Gasteiger partial charge in [0, 0.05) is 0 Å². The van der Waals surface area contributed by atoms with Gasteiger partial charge in [0.05, 0.1) is 0 Å². The SMILES string of the molecule is CC1=CC[C]([Zr][C]2=C(C)C(C)=CC2)=C1C.[H-].[H-]. The molecule has 0 aromatic heterocycles. The Morgan fingerprint density at radius 3 is 1.53 bits per heavy atom. The van der Waals surface area contributed by atoms with Crippen LogP contribution < -0.4 is 0 Å². The third kappa shape index (κ3) is 2.18. The van der Waals surface area contributed by atoms with Crippen molar-refractivity contribution in [3.05, 3.63) is 41.0 Å². The van der Waals surface area contributed by atoms with Crippen LogP contribution in [-0.2, 0) is 23.2 Å². The summed E-state index contributed by atoms with van der Waals surface area (Å²) in [7, 11) is 0. The first-order valence-corrected chi connectivity index (χ1v) is 8.06. The van der Waals surface area contributed by atoms with Crippen molar-refractivity contribution in [2.24, 2.45) is 0 Å². The number of hydrogen-bond acceptors (Lipinski definition) is 0. The number of hydrogen-bond donors (Lipinski definition) is 0. The first kappa shape index (κ1) is 11.3. The van der Waals surface area contributed by atoms with Crippen molar-refractivity contribution in [1.82, 2.24) is 0 Å². The Labute approximate surface area is 107 Å². The van der Waals surface area contributed by atoms with Crippen LogP contribution in [-0.4, -0.2) is 0 Å². The van der Waals surface area contributed by atoms with Gasteiger partial charge in [0.15, 0.2) is 0 Å². The van der Waals surface area contributed by atoms with Gasteiger partial charge < -0.3 is 2.85 Å². The third-order valence-corrected chi connectivity index (χ3v) is 7.95. The van der Waals surface area contributed by atoms with E-state index in [0.29, 0.717) is 0 Å². The molecule has 0 spiro atoms. The maximum Gasteiger partial charge on any atom is -1.00 e. The minimum atomic E-state index is -0.438. The van der Waals surface area contributed by atoms with Gasteiger partial charge in [-0.2, -0.15) is 0 Å². The van der Waals surface area contributed by atoms with Gasteiger partial charge in [-0.05, 0) is 0 Å². The summed E-state index contributed by atoms with van der Waals surface area (Å²) in [5.41, 5.74) is 6.25. The van der Waals surface area contributed by atoms with E-state index in [9.17, 15) is 0 Å². The molecule has 0 atom stereocenters. The van der Waals surface area contributed by atoms with Crippen LogP contribution >= 0.6 is 0 Å². The van der Waals surface area contributed by atoms with E-state index in [-0.39, 0.29) is 2.85 Å². The van der Waals surface area contributed by atoms with Crippen LogP contribution in [0.3, 0.4) is 0 Å². The Hall–Kier alpha value is -0.157. The summed E-state index contributed by atoms with van der Waals surface area (Å²) in [6.45, 7) is 9.11. The molecule has 0 saturated carbocycles. The van der Waals surface area contributed by atoms with E-state index in [4.69, 9.17) is 0 Å². The summed E-state index contributed by atoms with van der Waals surface area (Å²) in [5.74, 6) is 0. The molecule has 0 aromatic rings. The quantitative estimate of drug-likeness (QED) is 0.696. The van der Waals surface area contributed by atoms with E-state index in [1.165, 1.54) is 24.0 Å². The third-order valence-electron chi connectivity index (χ3n) is 3.61. The van der Waals surface area contributed by atoms with Gasteiger partial charge >= 0.3 is 105 Å². The average molecular weight is 280 g/mol. The Kier molecular flexibility index (Phi) is 3.31. The molecule has 2 aliphatic rings. The van der Waals surface area contributed by atoms with Crippen LogP contribution in [0.15, 0.2) is 41.0 Å². The summed E-state index contributed by atoms with van der Waals surface area (Å²) in [6, 6.07) is 0. The zero-order chi connectivity index (χ0) is 11.0. The number of allylic oxidation sites excluding steroid dienone is 8. The van der Waals surface area contributed by atoms with Crippen LogP contribution in [0.2, 0.25) is 0 Å². The van der Waals surface area contributed by atoms with Crippen molar-refractivity contribution in [3.63, 3.8) is 0 Å². The Balaban J connectivity index is 0.00000128. The molecule has 0 fully saturated rings. The van der Waals surface area contributed by atoms with Gasteiger partial charge in [-0.15, -0.1) is 0 Å². The van der Waals surface area contributed by atoms with Gasteiger partial charge in [0.25, 0.3) is 0 Å². The normalized spacial score (nSPS) is 21.1. The smallest absolute Gasteiger partial charge is 1.00 e. The molecule has 82 valence electrons. The zero-order valence-corrected chi connectivity index (χ0v) is 12.5. The molecule has 0 amide bonds. The second kappa shape index (κ2) is 4.38. The van der Waals surface area contributed by atoms with Crippen LogP contribution in [0.1, 0.15) is 43.4 Å². The molecule has 0 saturated heterocycles. The van der Waals surface area contributed by atoms with Crippen LogP contribution in [0.5, 0.6) is 0 Å². The minimum absolute atomic E-state index is 0. The van der Waals surface area contributed by atoms with E-state index < -0.39 is 23.2 Å². The van der Waals surface area contributed by atoms with E-state index in [1.54, 1.807) is 17.7 Å². The summed E-state index contributed by atoms with van der Waals surface area (Å²) in [4.78, 5) is 0. The largest absolute Gasteiger partial charge is 1.00 e. The van der Waals surface area contributed by atoms with E-state index in [1.807, 2.05) is 0 Å². The van der Waals surface area contributed by atoms with Crippen LogP contribution in [0.4, 0.5) is 0 Å². The summed E-state index contributed by atoms with van der Waals surface area (Å²) in [5, 5.41) is 0. The molecular weight excluding hydrogens is 259 g/mol. The molecule has 1 heteroatoms. The van der Waals surface area contributed by atoms with Gasteiger partial charge in [-0.3, -0.25) is 0 Å². The predicted octanol–water partition coefficient (Wildman–Crippen LogP) is 4.54. The van der Waals surface area contributed by atoms with E-state index in [2.05, 4.69) is 39.8 Å². The van der Waals surface area contributed by atoms with Crippen molar-refractivity contribution in [2.45, 2.75) is 40.5 Å². The topological polar surface area (TPSA) is 0 Å². The minimum Gasteiger partial charge on any atom is -1.00 e. The molecule has 15 heavy (non-hydrogen) atoms. The molecule has 0 unspecified atom stereocenters. The molecule has 2 rings (SSSR count). The molecule has 0 bridgehead atoms. The number of rotatable bonds is 2. The van der Waals surface area contributed by atoms with Crippen molar-refractivity contribution >= 4 is 0 Å². The fourth-order valence-corrected chi connectivity index (χ4v) is 5.86. The van der Waals surface area contributed by atoms with Gasteiger partial charge in [0.1, 0.15) is 0 Å². The maximum atomic E-state index is 2.40. The molecule has 0 N–H and O–H groups in total. The Bertz CT molecular complexity index is 386. The van der Waals surface area contributed by atoms with Gasteiger partial charge in [-0.1, -0.05) is 0 Å². The Morgan fingerprint density at radius 2 is 1.27 bits per heavy atom. The molecule has 2 aliphatic carbocycles. The second-order valence-corrected chi connectivity index (χ2v) is 8.10. The van der Waals surface area contributed by atoms with Crippen molar-refractivity contribution in [2.75, 3.05) is 0 Å². The molecule has 0 aromatic carbocycles. The first-order chi connectivity index (χ1) is 7.09. The molecule has 0 radical (unpaired) electrons. The van der Waals surface area contributed by atoms with Crippen molar-refractivity contribution in [3.8, 4) is 0 Å². The maximum absolute atomic E-state index is 2.40. The fourth-order valence-electron chi connectivity index (χ4n) is 2.07. The molecule has 0 heterocycles. The monoisotopic (exact) mass is 278 g/mol. The predicted molar refractivity (Wildman–Crippen MR) is 64.4 cm³/mol. The summed E-state index contributed by atoms with van der Waals surface area (Å²) < 4.78 is 3.60. The average Bonchev–Trinajstić information content (AvgIpc) is 2.68. The van der Waals surface area contributed by atoms with Crippen molar-refractivity contribution < 1.29 is 26.1 Å². The van der Waals surface area contributed by atoms with Gasteiger partial charge in [0.2, 0.25) is 0 Å². The molecule has 0 aliphatic heterocycles. The Morgan fingerprint density at radius 1 is 0.867 bits per heavy atom. The molecule has 0 nitrogen and oxygen atoms in total.